The summed E-state index contributed by atoms with van der Waals surface area (Å²) < 4.78 is 6.54. The molecule has 1 rings (SSSR count). The Morgan fingerprint density at radius 3 is 3.00 bits per heavy atom. The molecule has 0 bridgehead atoms. The van der Waals surface area contributed by atoms with E-state index in [4.69, 9.17) is 4.74 Å². The molecule has 0 saturated carbocycles. The van der Waals surface area contributed by atoms with E-state index in [-0.39, 0.29) is 18.5 Å². The monoisotopic (exact) mass is 211 g/mol. The molecule has 15 heavy (non-hydrogen) atoms. The van der Waals surface area contributed by atoms with E-state index in [9.17, 15) is 4.79 Å². The summed E-state index contributed by atoms with van der Waals surface area (Å²) in [5.74, 6) is -0.0531. The zero-order valence-electron chi connectivity index (χ0n) is 9.36. The van der Waals surface area contributed by atoms with Crippen LogP contribution in [0.1, 0.15) is 12.6 Å². The highest BCUT2D eigenvalue weighted by molar-refractivity contribution is 5.75. The first kappa shape index (κ1) is 11.7. The highest BCUT2D eigenvalue weighted by Gasteiger charge is 2.07. The van der Waals surface area contributed by atoms with E-state index in [1.165, 1.54) is 0 Å². The molecule has 0 fully saturated rings. The summed E-state index contributed by atoms with van der Waals surface area (Å²) in [6.45, 7) is 4.56. The molecule has 0 radical (unpaired) electrons. The number of rotatable bonds is 5. The van der Waals surface area contributed by atoms with E-state index in [0.717, 1.165) is 5.69 Å². The molecule has 0 aliphatic heterocycles. The number of methoxy groups -OCH3 is 1. The van der Waals surface area contributed by atoms with Gasteiger partial charge < -0.3 is 10.1 Å². The van der Waals surface area contributed by atoms with E-state index in [1.54, 1.807) is 18.0 Å². The summed E-state index contributed by atoms with van der Waals surface area (Å²) in [4.78, 5) is 11.5. The molecular formula is C10H17N3O2. The topological polar surface area (TPSA) is 56.1 Å². The third-order valence-corrected chi connectivity index (χ3v) is 1.90. The number of carbonyl (C=O) groups excluding carboxylic acids is 1. The Labute approximate surface area is 89.4 Å². The fraction of sp³-hybridized carbons (Fsp3) is 0.600. The van der Waals surface area contributed by atoms with Crippen molar-refractivity contribution in [3.63, 3.8) is 0 Å². The van der Waals surface area contributed by atoms with Crippen LogP contribution in [0.25, 0.3) is 0 Å². The van der Waals surface area contributed by atoms with Gasteiger partial charge in [0.1, 0.15) is 6.54 Å². The van der Waals surface area contributed by atoms with Gasteiger partial charge in [-0.1, -0.05) is 0 Å². The first-order valence-corrected chi connectivity index (χ1v) is 4.90. The lowest BCUT2D eigenvalue weighted by Gasteiger charge is -2.12. The Kier molecular flexibility index (Phi) is 4.30. The lowest BCUT2D eigenvalue weighted by atomic mass is 10.3. The van der Waals surface area contributed by atoms with Crippen LogP contribution in [0.4, 0.5) is 0 Å². The van der Waals surface area contributed by atoms with Crippen LogP contribution in [0.5, 0.6) is 0 Å². The van der Waals surface area contributed by atoms with Crippen LogP contribution < -0.4 is 5.32 Å². The van der Waals surface area contributed by atoms with E-state index in [2.05, 4.69) is 10.4 Å². The van der Waals surface area contributed by atoms with Gasteiger partial charge in [-0.25, -0.2) is 0 Å². The Morgan fingerprint density at radius 2 is 2.47 bits per heavy atom. The quantitative estimate of drug-likeness (QED) is 0.764. The molecular weight excluding hydrogens is 194 g/mol. The molecule has 1 N–H and O–H groups in total. The number of nitrogens with zero attached hydrogens (tertiary/aromatic N) is 2. The van der Waals surface area contributed by atoms with Crippen LogP contribution in [0.15, 0.2) is 12.3 Å². The van der Waals surface area contributed by atoms with Gasteiger partial charge in [-0.15, -0.1) is 0 Å². The van der Waals surface area contributed by atoms with Crippen LogP contribution in [0.3, 0.4) is 0 Å². The Morgan fingerprint density at radius 1 is 1.73 bits per heavy atom. The van der Waals surface area contributed by atoms with E-state index in [0.29, 0.717) is 6.61 Å². The molecule has 1 atom stereocenters. The van der Waals surface area contributed by atoms with Crippen LogP contribution in [-0.4, -0.2) is 35.4 Å². The van der Waals surface area contributed by atoms with Gasteiger partial charge in [0.15, 0.2) is 0 Å². The van der Waals surface area contributed by atoms with Gasteiger partial charge in [0.25, 0.3) is 0 Å². The van der Waals surface area contributed by atoms with Crippen molar-refractivity contribution in [1.29, 1.82) is 0 Å². The van der Waals surface area contributed by atoms with Crippen molar-refractivity contribution in [2.24, 2.45) is 0 Å². The van der Waals surface area contributed by atoms with Crippen molar-refractivity contribution >= 4 is 5.91 Å². The summed E-state index contributed by atoms with van der Waals surface area (Å²) in [6, 6.07) is 1.89. The lowest BCUT2D eigenvalue weighted by Crippen LogP contribution is -2.37. The number of hydrogen-bond donors (Lipinski definition) is 1. The Bertz CT molecular complexity index is 322. The second-order valence-electron chi connectivity index (χ2n) is 3.58. The standard InChI is InChI=1S/C10H17N3O2/c1-8-4-5-13(12-8)6-10(14)11-9(2)7-15-3/h4-5,9H,6-7H2,1-3H3,(H,11,14). The number of carbonyl (C=O) groups is 1. The number of ether oxygens (including phenoxy) is 1. The van der Waals surface area contributed by atoms with E-state index < -0.39 is 0 Å². The van der Waals surface area contributed by atoms with Gasteiger partial charge in [0, 0.05) is 19.3 Å². The van der Waals surface area contributed by atoms with E-state index >= 15 is 0 Å². The molecule has 1 aromatic heterocycles. The molecule has 1 unspecified atom stereocenters. The second-order valence-corrected chi connectivity index (χ2v) is 3.58. The smallest absolute Gasteiger partial charge is 0.242 e. The fourth-order valence-electron chi connectivity index (χ4n) is 1.31. The largest absolute Gasteiger partial charge is 0.383 e. The van der Waals surface area contributed by atoms with Crippen molar-refractivity contribution < 1.29 is 9.53 Å². The average molecular weight is 211 g/mol. The second kappa shape index (κ2) is 5.50. The highest BCUT2D eigenvalue weighted by atomic mass is 16.5. The third-order valence-electron chi connectivity index (χ3n) is 1.90. The Balaban J connectivity index is 2.36. The molecule has 1 aromatic rings. The highest BCUT2D eigenvalue weighted by Crippen LogP contribution is 1.92. The number of aryl methyl sites for hydroxylation is 1. The summed E-state index contributed by atoms with van der Waals surface area (Å²) in [7, 11) is 1.61. The molecule has 1 amide bonds. The van der Waals surface area contributed by atoms with E-state index in [1.807, 2.05) is 19.9 Å². The average Bonchev–Trinajstić information content (AvgIpc) is 2.51. The van der Waals surface area contributed by atoms with Crippen LogP contribution in [0.2, 0.25) is 0 Å². The van der Waals surface area contributed by atoms with Gasteiger partial charge in [-0.05, 0) is 19.9 Å². The van der Waals surface area contributed by atoms with Crippen LogP contribution >= 0.6 is 0 Å². The molecule has 1 heterocycles. The first-order valence-electron chi connectivity index (χ1n) is 4.90. The predicted molar refractivity (Wildman–Crippen MR) is 56.4 cm³/mol. The number of hydrogen-bond acceptors (Lipinski definition) is 3. The van der Waals surface area contributed by atoms with Gasteiger partial charge in [0.2, 0.25) is 5.91 Å². The fourth-order valence-corrected chi connectivity index (χ4v) is 1.31. The SMILES string of the molecule is COCC(C)NC(=O)Cn1ccc(C)n1. The number of nitrogens with one attached hydrogen (secondary N) is 1. The van der Waals surface area contributed by atoms with Crippen LogP contribution in [0, 0.1) is 6.92 Å². The van der Waals surface area contributed by atoms with Gasteiger partial charge in [-0.2, -0.15) is 5.10 Å². The van der Waals surface area contributed by atoms with Crippen molar-refractivity contribution in [2.75, 3.05) is 13.7 Å². The molecule has 5 heteroatoms. The van der Waals surface area contributed by atoms with Crippen LogP contribution in [-0.2, 0) is 16.1 Å². The summed E-state index contributed by atoms with van der Waals surface area (Å²) in [5.41, 5.74) is 0.910. The van der Waals surface area contributed by atoms with Crippen molar-refractivity contribution in [1.82, 2.24) is 15.1 Å². The minimum atomic E-state index is -0.0531. The number of amides is 1. The first-order chi connectivity index (χ1) is 7.11. The minimum Gasteiger partial charge on any atom is -0.383 e. The molecule has 5 nitrogen and oxygen atoms in total. The minimum absolute atomic E-state index is 0.0270. The molecule has 0 spiro atoms. The molecule has 0 saturated heterocycles. The lowest BCUT2D eigenvalue weighted by molar-refractivity contribution is -0.122. The van der Waals surface area contributed by atoms with Crippen molar-refractivity contribution in [2.45, 2.75) is 26.4 Å². The van der Waals surface area contributed by atoms with Gasteiger partial charge in [-0.3, -0.25) is 9.48 Å². The summed E-state index contributed by atoms with van der Waals surface area (Å²) in [5, 5.41) is 6.94. The molecule has 84 valence electrons. The maximum atomic E-state index is 11.5. The Hall–Kier alpha value is -1.36. The molecule has 0 aliphatic rings. The normalized spacial score (nSPS) is 12.5. The van der Waals surface area contributed by atoms with Gasteiger partial charge in [0.05, 0.1) is 12.3 Å². The van der Waals surface area contributed by atoms with Crippen molar-refractivity contribution in [3.8, 4) is 0 Å². The maximum Gasteiger partial charge on any atom is 0.242 e. The summed E-state index contributed by atoms with van der Waals surface area (Å²) in [6.07, 6.45) is 1.79. The zero-order chi connectivity index (χ0) is 11.3. The zero-order valence-corrected chi connectivity index (χ0v) is 9.36. The summed E-state index contributed by atoms with van der Waals surface area (Å²) >= 11 is 0. The van der Waals surface area contributed by atoms with Gasteiger partial charge >= 0.3 is 0 Å². The molecule has 0 aliphatic carbocycles. The predicted octanol–water partition coefficient (Wildman–Crippen LogP) is 0.343. The maximum absolute atomic E-state index is 11.5. The third kappa shape index (κ3) is 4.12. The molecule has 0 aromatic carbocycles. The number of aromatic nitrogens is 2. The van der Waals surface area contributed by atoms with Crippen molar-refractivity contribution in [3.05, 3.63) is 18.0 Å².